The zero-order valence-electron chi connectivity index (χ0n) is 17.6. The molecule has 0 aliphatic rings. The predicted molar refractivity (Wildman–Crippen MR) is 135 cm³/mol. The second kappa shape index (κ2) is 11.8. The molecule has 0 radical (unpaired) electrons. The maximum Gasteiger partial charge on any atom is 0.266 e. The van der Waals surface area contributed by atoms with E-state index in [0.29, 0.717) is 46.0 Å². The summed E-state index contributed by atoms with van der Waals surface area (Å²) in [6.07, 6.45) is 1.44. The smallest absolute Gasteiger partial charge is 0.266 e. The fourth-order valence-electron chi connectivity index (χ4n) is 2.86. The van der Waals surface area contributed by atoms with Gasteiger partial charge in [-0.15, -0.1) is 0 Å². The van der Waals surface area contributed by atoms with Gasteiger partial charge in [0, 0.05) is 15.2 Å². The van der Waals surface area contributed by atoms with Gasteiger partial charge in [-0.2, -0.15) is 5.26 Å². The monoisotopic (exact) mass is 544 g/mol. The minimum Gasteiger partial charge on any atom is -0.490 e. The fraction of sp³-hybridized carbons (Fsp3) is 0.120. The first-order valence-electron chi connectivity index (χ1n) is 9.92. The van der Waals surface area contributed by atoms with Crippen LogP contribution in [0.1, 0.15) is 18.1 Å². The number of nitrogens with one attached hydrogen (secondary N) is 1. The highest BCUT2D eigenvalue weighted by Gasteiger charge is 2.15. The summed E-state index contributed by atoms with van der Waals surface area (Å²) in [4.78, 5) is 12.6. The zero-order chi connectivity index (χ0) is 23.8. The number of amides is 1. The molecule has 0 heterocycles. The fourth-order valence-corrected chi connectivity index (χ4v) is 3.52. The van der Waals surface area contributed by atoms with Crippen LogP contribution < -0.4 is 14.8 Å². The lowest BCUT2D eigenvalue weighted by Gasteiger charge is -2.15. The van der Waals surface area contributed by atoms with Crippen LogP contribution in [0.2, 0.25) is 10.0 Å². The highest BCUT2D eigenvalue weighted by atomic mass is 79.9. The maximum atomic E-state index is 12.6. The van der Waals surface area contributed by atoms with Crippen LogP contribution in [-0.2, 0) is 11.4 Å². The summed E-state index contributed by atoms with van der Waals surface area (Å²) in [6, 6.07) is 19.5. The van der Waals surface area contributed by atoms with Gasteiger partial charge in [-0.05, 0) is 72.7 Å². The van der Waals surface area contributed by atoms with E-state index in [9.17, 15) is 10.1 Å². The molecule has 0 spiro atoms. The van der Waals surface area contributed by atoms with E-state index in [1.807, 2.05) is 37.3 Å². The molecule has 0 aliphatic carbocycles. The van der Waals surface area contributed by atoms with Crippen LogP contribution in [0.15, 0.2) is 70.7 Å². The van der Waals surface area contributed by atoms with Gasteiger partial charge in [0.25, 0.3) is 5.91 Å². The molecule has 168 valence electrons. The van der Waals surface area contributed by atoms with E-state index >= 15 is 0 Å². The number of nitriles is 1. The molecule has 0 saturated carbocycles. The molecule has 8 heteroatoms. The summed E-state index contributed by atoms with van der Waals surface area (Å²) in [6.45, 7) is 2.53. The van der Waals surface area contributed by atoms with Crippen molar-refractivity contribution in [2.45, 2.75) is 13.5 Å². The molecule has 0 aliphatic heterocycles. The van der Waals surface area contributed by atoms with E-state index in [1.165, 1.54) is 6.08 Å². The number of nitrogens with zero attached hydrogens (tertiary/aromatic N) is 1. The number of ether oxygens (including phenoxy) is 2. The molecule has 0 atom stereocenters. The van der Waals surface area contributed by atoms with E-state index in [0.717, 1.165) is 10.0 Å². The van der Waals surface area contributed by atoms with Gasteiger partial charge in [0.2, 0.25) is 0 Å². The van der Waals surface area contributed by atoms with Gasteiger partial charge in [0.1, 0.15) is 18.2 Å². The molecular formula is C25H19BrCl2N2O3. The second-order valence-electron chi connectivity index (χ2n) is 6.81. The van der Waals surface area contributed by atoms with Crippen molar-refractivity contribution in [3.8, 4) is 17.6 Å². The molecule has 5 nitrogen and oxygen atoms in total. The standard InChI is InChI=1S/C25H19BrCl2N2O3/c1-2-32-23-13-17(11-18(14-29)25(31)30-21-9-7-20(27)8-10-21)12-22(28)24(23)33-15-16-3-5-19(26)6-4-16/h3-13H,2,15H2,1H3,(H,30,31)/b18-11+. The molecule has 3 rings (SSSR count). The van der Waals surface area contributed by atoms with E-state index in [2.05, 4.69) is 21.2 Å². The second-order valence-corrected chi connectivity index (χ2v) is 8.57. The Kier molecular flexibility index (Phi) is 8.79. The quantitative estimate of drug-likeness (QED) is 0.238. The van der Waals surface area contributed by atoms with Crippen LogP contribution in [0.5, 0.6) is 11.5 Å². The first-order chi connectivity index (χ1) is 15.9. The lowest BCUT2D eigenvalue weighted by molar-refractivity contribution is -0.112. The molecule has 1 N–H and O–H groups in total. The van der Waals surface area contributed by atoms with Crippen molar-refractivity contribution in [1.82, 2.24) is 0 Å². The van der Waals surface area contributed by atoms with Crippen LogP contribution in [0, 0.1) is 11.3 Å². The third kappa shape index (κ3) is 7.00. The number of anilines is 1. The Morgan fingerprint density at radius 3 is 2.42 bits per heavy atom. The van der Waals surface area contributed by atoms with Crippen LogP contribution in [0.3, 0.4) is 0 Å². The molecule has 0 unspecified atom stereocenters. The minimum atomic E-state index is -0.551. The van der Waals surface area contributed by atoms with Gasteiger partial charge in [-0.3, -0.25) is 4.79 Å². The minimum absolute atomic E-state index is 0.0907. The van der Waals surface area contributed by atoms with E-state index < -0.39 is 5.91 Å². The third-order valence-corrected chi connectivity index (χ3v) is 5.47. The molecular weight excluding hydrogens is 527 g/mol. The first kappa shape index (κ1) is 24.7. The number of hydrogen-bond acceptors (Lipinski definition) is 4. The molecule has 33 heavy (non-hydrogen) atoms. The zero-order valence-corrected chi connectivity index (χ0v) is 20.7. The lowest BCUT2D eigenvalue weighted by Crippen LogP contribution is -2.13. The molecule has 0 aromatic heterocycles. The van der Waals surface area contributed by atoms with Crippen LogP contribution in [-0.4, -0.2) is 12.5 Å². The largest absolute Gasteiger partial charge is 0.490 e. The summed E-state index contributed by atoms with van der Waals surface area (Å²) < 4.78 is 12.6. The topological polar surface area (TPSA) is 71.3 Å². The van der Waals surface area contributed by atoms with Gasteiger partial charge in [-0.1, -0.05) is 51.3 Å². The van der Waals surface area contributed by atoms with E-state index in [4.69, 9.17) is 32.7 Å². The van der Waals surface area contributed by atoms with Gasteiger partial charge < -0.3 is 14.8 Å². The number of benzene rings is 3. The number of hydrogen-bond donors (Lipinski definition) is 1. The number of carbonyl (C=O) groups is 1. The molecule has 3 aromatic rings. The Labute approximate surface area is 210 Å². The van der Waals surface area contributed by atoms with Crippen molar-refractivity contribution in [2.75, 3.05) is 11.9 Å². The first-order valence-corrected chi connectivity index (χ1v) is 11.5. The normalized spacial score (nSPS) is 10.9. The number of halogens is 3. The van der Waals surface area contributed by atoms with Crippen molar-refractivity contribution < 1.29 is 14.3 Å². The Morgan fingerprint density at radius 2 is 1.79 bits per heavy atom. The highest BCUT2D eigenvalue weighted by Crippen LogP contribution is 2.38. The SMILES string of the molecule is CCOc1cc(/C=C(\C#N)C(=O)Nc2ccc(Cl)cc2)cc(Cl)c1OCc1ccc(Br)cc1. The Bertz CT molecular complexity index is 1200. The summed E-state index contributed by atoms with van der Waals surface area (Å²) in [5.41, 5.74) is 1.93. The predicted octanol–water partition coefficient (Wildman–Crippen LogP) is 7.28. The van der Waals surface area contributed by atoms with Gasteiger partial charge in [0.15, 0.2) is 11.5 Å². The van der Waals surface area contributed by atoms with Crippen molar-refractivity contribution >= 4 is 56.8 Å². The lowest BCUT2D eigenvalue weighted by atomic mass is 10.1. The summed E-state index contributed by atoms with van der Waals surface area (Å²) in [7, 11) is 0. The molecule has 1 amide bonds. The van der Waals surface area contributed by atoms with Crippen molar-refractivity contribution in [1.29, 1.82) is 5.26 Å². The highest BCUT2D eigenvalue weighted by molar-refractivity contribution is 9.10. The van der Waals surface area contributed by atoms with Crippen LogP contribution >= 0.6 is 39.1 Å². The van der Waals surface area contributed by atoms with Gasteiger partial charge >= 0.3 is 0 Å². The molecule has 0 bridgehead atoms. The summed E-state index contributed by atoms with van der Waals surface area (Å²) in [5, 5.41) is 13.0. The van der Waals surface area contributed by atoms with Crippen molar-refractivity contribution in [2.24, 2.45) is 0 Å². The Balaban J connectivity index is 1.83. The van der Waals surface area contributed by atoms with Gasteiger partial charge in [-0.25, -0.2) is 0 Å². The number of carbonyl (C=O) groups excluding carboxylic acids is 1. The van der Waals surface area contributed by atoms with E-state index in [-0.39, 0.29) is 5.57 Å². The van der Waals surface area contributed by atoms with E-state index in [1.54, 1.807) is 36.4 Å². The molecule has 0 saturated heterocycles. The Hall–Kier alpha value is -2.98. The maximum absolute atomic E-state index is 12.6. The Morgan fingerprint density at radius 1 is 1.09 bits per heavy atom. The van der Waals surface area contributed by atoms with Gasteiger partial charge in [0.05, 0.1) is 11.6 Å². The van der Waals surface area contributed by atoms with Crippen molar-refractivity contribution in [3.05, 3.63) is 91.9 Å². The average Bonchev–Trinajstić information content (AvgIpc) is 2.79. The number of rotatable bonds is 8. The van der Waals surface area contributed by atoms with Crippen LogP contribution in [0.25, 0.3) is 6.08 Å². The van der Waals surface area contributed by atoms with Crippen molar-refractivity contribution in [3.63, 3.8) is 0 Å². The molecule has 0 fully saturated rings. The molecule has 3 aromatic carbocycles. The third-order valence-electron chi connectivity index (χ3n) is 4.41. The summed E-state index contributed by atoms with van der Waals surface area (Å²) >= 11 is 15.7. The average molecular weight is 546 g/mol. The summed E-state index contributed by atoms with van der Waals surface area (Å²) in [5.74, 6) is 0.260. The van der Waals surface area contributed by atoms with Crippen LogP contribution in [0.4, 0.5) is 5.69 Å².